The zero-order valence-electron chi connectivity index (χ0n) is 10.2. The predicted molar refractivity (Wildman–Crippen MR) is 70.5 cm³/mol. The molecule has 17 heavy (non-hydrogen) atoms. The number of amides is 1. The molecule has 0 saturated carbocycles. The second-order valence-corrected chi connectivity index (χ2v) is 4.23. The van der Waals surface area contributed by atoms with Crippen molar-refractivity contribution >= 4 is 5.91 Å². The fourth-order valence-electron chi connectivity index (χ4n) is 1.62. The molecule has 1 aromatic carbocycles. The van der Waals surface area contributed by atoms with Crippen LogP contribution in [0, 0.1) is 0 Å². The Bertz CT molecular complexity index is 362. The van der Waals surface area contributed by atoms with E-state index in [0.29, 0.717) is 6.42 Å². The molecule has 2 atom stereocenters. The van der Waals surface area contributed by atoms with Crippen LogP contribution >= 0.6 is 0 Å². The fraction of sp³-hybridized carbons (Fsp3) is 0.357. The van der Waals surface area contributed by atoms with Gasteiger partial charge in [-0.05, 0) is 25.3 Å². The minimum Gasteiger partial charge on any atom is -0.352 e. The minimum atomic E-state index is -0.496. The van der Waals surface area contributed by atoms with Crippen molar-refractivity contribution in [2.24, 2.45) is 5.73 Å². The number of carbonyl (C=O) groups is 1. The number of benzene rings is 1. The molecule has 1 unspecified atom stereocenters. The van der Waals surface area contributed by atoms with Crippen molar-refractivity contribution in [2.45, 2.75) is 31.8 Å². The summed E-state index contributed by atoms with van der Waals surface area (Å²) in [5.41, 5.74) is 6.93. The molecule has 0 aromatic heterocycles. The number of carbonyl (C=O) groups excluding carboxylic acids is 1. The second kappa shape index (κ2) is 6.86. The van der Waals surface area contributed by atoms with Crippen LogP contribution < -0.4 is 11.1 Å². The van der Waals surface area contributed by atoms with Gasteiger partial charge in [-0.1, -0.05) is 36.4 Å². The summed E-state index contributed by atoms with van der Waals surface area (Å²) < 4.78 is 0. The Labute approximate surface area is 103 Å². The lowest BCUT2D eigenvalue weighted by Gasteiger charge is -2.16. The summed E-state index contributed by atoms with van der Waals surface area (Å²) in [5.74, 6) is -0.108. The summed E-state index contributed by atoms with van der Waals surface area (Å²) in [5, 5.41) is 2.87. The zero-order chi connectivity index (χ0) is 12.7. The number of hydrogen-bond acceptors (Lipinski definition) is 2. The maximum absolute atomic E-state index is 11.8. The lowest BCUT2D eigenvalue weighted by molar-refractivity contribution is -0.122. The minimum absolute atomic E-state index is 0.0850. The molecule has 0 aliphatic heterocycles. The van der Waals surface area contributed by atoms with Gasteiger partial charge in [-0.25, -0.2) is 0 Å². The van der Waals surface area contributed by atoms with Crippen LogP contribution in [0.25, 0.3) is 0 Å². The molecule has 3 heteroatoms. The summed E-state index contributed by atoms with van der Waals surface area (Å²) in [6.45, 7) is 5.58. The molecule has 0 heterocycles. The highest BCUT2D eigenvalue weighted by molar-refractivity contribution is 5.82. The topological polar surface area (TPSA) is 55.1 Å². The van der Waals surface area contributed by atoms with E-state index < -0.39 is 6.04 Å². The van der Waals surface area contributed by atoms with Crippen LogP contribution in [-0.4, -0.2) is 18.0 Å². The lowest BCUT2D eigenvalue weighted by Crippen LogP contribution is -2.45. The van der Waals surface area contributed by atoms with E-state index in [2.05, 4.69) is 11.9 Å². The maximum atomic E-state index is 11.8. The molecule has 1 aromatic rings. The predicted octanol–water partition coefficient (Wildman–Crippen LogP) is 1.64. The second-order valence-electron chi connectivity index (χ2n) is 4.23. The molecule has 0 radical (unpaired) electrons. The molecule has 92 valence electrons. The van der Waals surface area contributed by atoms with Gasteiger partial charge in [-0.15, -0.1) is 6.58 Å². The maximum Gasteiger partial charge on any atom is 0.237 e. The van der Waals surface area contributed by atoms with Gasteiger partial charge in [0.05, 0.1) is 6.04 Å². The van der Waals surface area contributed by atoms with Crippen LogP contribution in [0.5, 0.6) is 0 Å². The third kappa shape index (κ3) is 4.83. The van der Waals surface area contributed by atoms with E-state index in [1.807, 2.05) is 37.3 Å². The third-order valence-electron chi connectivity index (χ3n) is 2.54. The Kier molecular flexibility index (Phi) is 5.43. The van der Waals surface area contributed by atoms with Crippen molar-refractivity contribution in [1.82, 2.24) is 5.32 Å². The lowest BCUT2D eigenvalue weighted by atomic mass is 10.1. The highest BCUT2D eigenvalue weighted by Crippen LogP contribution is 2.02. The van der Waals surface area contributed by atoms with E-state index in [0.717, 1.165) is 12.0 Å². The first-order valence-electron chi connectivity index (χ1n) is 5.84. The first kappa shape index (κ1) is 13.5. The first-order chi connectivity index (χ1) is 8.13. The molecular formula is C14H20N2O. The van der Waals surface area contributed by atoms with E-state index in [1.165, 1.54) is 0 Å². The Morgan fingerprint density at radius 3 is 2.71 bits per heavy atom. The molecule has 0 bridgehead atoms. The van der Waals surface area contributed by atoms with Crippen molar-refractivity contribution in [2.75, 3.05) is 0 Å². The SMILES string of the molecule is C=CCC(C)NC(=O)[C@@H](N)Cc1ccccc1. The number of nitrogens with two attached hydrogens (primary N) is 1. The van der Waals surface area contributed by atoms with Crippen molar-refractivity contribution in [3.8, 4) is 0 Å². The van der Waals surface area contributed by atoms with E-state index >= 15 is 0 Å². The molecule has 0 saturated heterocycles. The summed E-state index contributed by atoms with van der Waals surface area (Å²) in [6.07, 6.45) is 3.10. The van der Waals surface area contributed by atoms with Crippen LogP contribution in [0.4, 0.5) is 0 Å². The average Bonchev–Trinajstić information content (AvgIpc) is 2.30. The van der Waals surface area contributed by atoms with Crippen LogP contribution in [0.1, 0.15) is 18.9 Å². The van der Waals surface area contributed by atoms with Crippen LogP contribution in [0.3, 0.4) is 0 Å². The van der Waals surface area contributed by atoms with Gasteiger partial charge >= 0.3 is 0 Å². The Balaban J connectivity index is 2.44. The normalized spacial score (nSPS) is 13.8. The molecular weight excluding hydrogens is 212 g/mol. The van der Waals surface area contributed by atoms with Gasteiger partial charge in [0.1, 0.15) is 0 Å². The van der Waals surface area contributed by atoms with Gasteiger partial charge in [-0.2, -0.15) is 0 Å². The summed E-state index contributed by atoms with van der Waals surface area (Å²) in [6, 6.07) is 9.37. The van der Waals surface area contributed by atoms with Crippen molar-refractivity contribution in [1.29, 1.82) is 0 Å². The quantitative estimate of drug-likeness (QED) is 0.733. The van der Waals surface area contributed by atoms with Crippen LogP contribution in [0.2, 0.25) is 0 Å². The molecule has 0 spiro atoms. The van der Waals surface area contributed by atoms with Crippen molar-refractivity contribution < 1.29 is 4.79 Å². The molecule has 0 fully saturated rings. The molecule has 0 aliphatic carbocycles. The summed E-state index contributed by atoms with van der Waals surface area (Å²) >= 11 is 0. The molecule has 1 rings (SSSR count). The fourth-order valence-corrected chi connectivity index (χ4v) is 1.62. The molecule has 3 N–H and O–H groups in total. The molecule has 1 amide bonds. The summed E-state index contributed by atoms with van der Waals surface area (Å²) in [7, 11) is 0. The Morgan fingerprint density at radius 2 is 2.12 bits per heavy atom. The van der Waals surface area contributed by atoms with E-state index in [4.69, 9.17) is 5.73 Å². The van der Waals surface area contributed by atoms with Gasteiger partial charge in [0.25, 0.3) is 0 Å². The van der Waals surface area contributed by atoms with E-state index in [1.54, 1.807) is 6.08 Å². The highest BCUT2D eigenvalue weighted by Gasteiger charge is 2.15. The average molecular weight is 232 g/mol. The number of nitrogens with one attached hydrogen (secondary N) is 1. The van der Waals surface area contributed by atoms with Crippen molar-refractivity contribution in [3.63, 3.8) is 0 Å². The first-order valence-corrected chi connectivity index (χ1v) is 5.84. The van der Waals surface area contributed by atoms with Gasteiger partial charge in [0.15, 0.2) is 0 Å². The third-order valence-corrected chi connectivity index (χ3v) is 2.54. The van der Waals surface area contributed by atoms with Crippen LogP contribution in [0.15, 0.2) is 43.0 Å². The van der Waals surface area contributed by atoms with Crippen LogP contribution in [-0.2, 0) is 11.2 Å². The molecule has 0 aliphatic rings. The van der Waals surface area contributed by atoms with Gasteiger partial charge in [-0.3, -0.25) is 4.79 Å². The number of hydrogen-bond donors (Lipinski definition) is 2. The smallest absolute Gasteiger partial charge is 0.237 e. The largest absolute Gasteiger partial charge is 0.352 e. The molecule has 3 nitrogen and oxygen atoms in total. The monoisotopic (exact) mass is 232 g/mol. The van der Waals surface area contributed by atoms with Gasteiger partial charge in [0.2, 0.25) is 5.91 Å². The summed E-state index contributed by atoms with van der Waals surface area (Å²) in [4.78, 5) is 11.8. The Hall–Kier alpha value is -1.61. The van der Waals surface area contributed by atoms with Gasteiger partial charge < -0.3 is 11.1 Å². The standard InChI is InChI=1S/C14H20N2O/c1-3-7-11(2)16-14(17)13(15)10-12-8-5-4-6-9-12/h3-6,8-9,11,13H,1,7,10,15H2,2H3,(H,16,17)/t11?,13-/m0/s1. The Morgan fingerprint density at radius 1 is 1.47 bits per heavy atom. The zero-order valence-corrected chi connectivity index (χ0v) is 10.2. The highest BCUT2D eigenvalue weighted by atomic mass is 16.2. The van der Waals surface area contributed by atoms with Gasteiger partial charge in [0, 0.05) is 6.04 Å². The van der Waals surface area contributed by atoms with Crippen molar-refractivity contribution in [3.05, 3.63) is 48.6 Å². The number of rotatable bonds is 6. The van der Waals surface area contributed by atoms with E-state index in [9.17, 15) is 4.79 Å². The van der Waals surface area contributed by atoms with E-state index in [-0.39, 0.29) is 11.9 Å².